The zero-order valence-corrected chi connectivity index (χ0v) is 17.2. The van der Waals surface area contributed by atoms with Crippen molar-refractivity contribution in [2.75, 3.05) is 19.0 Å². The number of halogens is 1. The molecule has 0 heterocycles. The standard InChI is InChI=1S/C22H20BrNO4/c1-3-27-21-17(23)13-15(14-20(21)26-2)22(25)24-18-11-7-8-12-19(18)28-16-9-5-4-6-10-16/h4-14H,3H2,1-2H3,(H,24,25). The summed E-state index contributed by atoms with van der Waals surface area (Å²) in [6.07, 6.45) is 0. The lowest BCUT2D eigenvalue weighted by Crippen LogP contribution is -2.13. The molecule has 1 amide bonds. The van der Waals surface area contributed by atoms with E-state index in [1.165, 1.54) is 7.11 Å². The Morgan fingerprint density at radius 2 is 1.71 bits per heavy atom. The molecule has 3 rings (SSSR count). The second-order valence-corrected chi connectivity index (χ2v) is 6.64. The summed E-state index contributed by atoms with van der Waals surface area (Å²) in [5, 5.41) is 2.90. The topological polar surface area (TPSA) is 56.8 Å². The lowest BCUT2D eigenvalue weighted by Gasteiger charge is -2.15. The molecule has 0 aliphatic carbocycles. The normalized spacial score (nSPS) is 10.2. The number of benzene rings is 3. The van der Waals surface area contributed by atoms with Crippen LogP contribution in [-0.2, 0) is 0 Å². The van der Waals surface area contributed by atoms with Gasteiger partial charge in [-0.2, -0.15) is 0 Å². The summed E-state index contributed by atoms with van der Waals surface area (Å²) in [6, 6.07) is 20.0. The van der Waals surface area contributed by atoms with E-state index in [1.54, 1.807) is 24.3 Å². The molecular formula is C22H20BrNO4. The molecule has 0 fully saturated rings. The first-order valence-corrected chi connectivity index (χ1v) is 9.55. The van der Waals surface area contributed by atoms with E-state index in [-0.39, 0.29) is 5.91 Å². The highest BCUT2D eigenvalue weighted by Crippen LogP contribution is 2.37. The number of anilines is 1. The van der Waals surface area contributed by atoms with Crippen LogP contribution in [0.1, 0.15) is 17.3 Å². The van der Waals surface area contributed by atoms with Crippen LogP contribution in [0.15, 0.2) is 71.2 Å². The molecule has 0 unspecified atom stereocenters. The van der Waals surface area contributed by atoms with E-state index in [4.69, 9.17) is 14.2 Å². The molecule has 0 aliphatic heterocycles. The van der Waals surface area contributed by atoms with Crippen LogP contribution >= 0.6 is 15.9 Å². The molecule has 0 radical (unpaired) electrons. The molecular weight excluding hydrogens is 422 g/mol. The fraction of sp³-hybridized carbons (Fsp3) is 0.136. The fourth-order valence-electron chi connectivity index (χ4n) is 2.60. The first-order chi connectivity index (χ1) is 13.6. The van der Waals surface area contributed by atoms with Gasteiger partial charge in [-0.15, -0.1) is 0 Å². The Balaban J connectivity index is 1.85. The van der Waals surface area contributed by atoms with Gasteiger partial charge in [0.15, 0.2) is 17.2 Å². The largest absolute Gasteiger partial charge is 0.493 e. The van der Waals surface area contributed by atoms with Gasteiger partial charge in [0.2, 0.25) is 0 Å². The van der Waals surface area contributed by atoms with Crippen molar-refractivity contribution in [3.05, 3.63) is 76.8 Å². The van der Waals surface area contributed by atoms with E-state index in [2.05, 4.69) is 21.2 Å². The molecule has 6 heteroatoms. The number of carbonyl (C=O) groups excluding carboxylic acids is 1. The summed E-state index contributed by atoms with van der Waals surface area (Å²) in [5.74, 6) is 2.00. The Labute approximate surface area is 172 Å². The zero-order valence-electron chi connectivity index (χ0n) is 15.6. The van der Waals surface area contributed by atoms with E-state index in [0.717, 1.165) is 0 Å². The maximum Gasteiger partial charge on any atom is 0.255 e. The van der Waals surface area contributed by atoms with Crippen LogP contribution in [0, 0.1) is 0 Å². The van der Waals surface area contributed by atoms with Crippen molar-refractivity contribution in [3.8, 4) is 23.0 Å². The summed E-state index contributed by atoms with van der Waals surface area (Å²) in [5.41, 5.74) is 1.00. The molecule has 5 nitrogen and oxygen atoms in total. The Kier molecular flexibility index (Phi) is 6.55. The van der Waals surface area contributed by atoms with Crippen LogP contribution in [-0.4, -0.2) is 19.6 Å². The maximum atomic E-state index is 12.8. The van der Waals surface area contributed by atoms with Gasteiger partial charge in [0, 0.05) is 5.56 Å². The van der Waals surface area contributed by atoms with Crippen LogP contribution in [0.4, 0.5) is 5.69 Å². The van der Waals surface area contributed by atoms with Crippen molar-refractivity contribution in [1.29, 1.82) is 0 Å². The van der Waals surface area contributed by atoms with E-state index >= 15 is 0 Å². The van der Waals surface area contributed by atoms with Crippen molar-refractivity contribution < 1.29 is 19.0 Å². The van der Waals surface area contributed by atoms with Gasteiger partial charge in [-0.05, 0) is 59.3 Å². The van der Waals surface area contributed by atoms with Gasteiger partial charge < -0.3 is 19.5 Å². The Morgan fingerprint density at radius 1 is 1.00 bits per heavy atom. The number of para-hydroxylation sites is 3. The van der Waals surface area contributed by atoms with Crippen molar-refractivity contribution in [2.24, 2.45) is 0 Å². The number of amides is 1. The SMILES string of the molecule is CCOc1c(Br)cc(C(=O)Nc2ccccc2Oc2ccccc2)cc1OC. The van der Waals surface area contributed by atoms with E-state index in [1.807, 2.05) is 49.4 Å². The van der Waals surface area contributed by atoms with E-state index in [9.17, 15) is 4.79 Å². The summed E-state index contributed by atoms with van der Waals surface area (Å²) >= 11 is 3.44. The Hall–Kier alpha value is -2.99. The van der Waals surface area contributed by atoms with Gasteiger partial charge in [-0.3, -0.25) is 4.79 Å². The predicted molar refractivity (Wildman–Crippen MR) is 113 cm³/mol. The van der Waals surface area contributed by atoms with Gasteiger partial charge in [0.25, 0.3) is 5.91 Å². The number of carbonyl (C=O) groups is 1. The van der Waals surface area contributed by atoms with E-state index < -0.39 is 0 Å². The highest BCUT2D eigenvalue weighted by atomic mass is 79.9. The third kappa shape index (κ3) is 4.64. The van der Waals surface area contributed by atoms with Crippen molar-refractivity contribution in [1.82, 2.24) is 0 Å². The average molecular weight is 442 g/mol. The van der Waals surface area contributed by atoms with Crippen molar-refractivity contribution in [3.63, 3.8) is 0 Å². The molecule has 0 spiro atoms. The number of methoxy groups -OCH3 is 1. The van der Waals surface area contributed by atoms with Gasteiger partial charge in [-0.25, -0.2) is 0 Å². The monoisotopic (exact) mass is 441 g/mol. The van der Waals surface area contributed by atoms with Crippen LogP contribution in [0.3, 0.4) is 0 Å². The number of hydrogen-bond acceptors (Lipinski definition) is 4. The molecule has 0 atom stereocenters. The summed E-state index contributed by atoms with van der Waals surface area (Å²) < 4.78 is 17.5. The first kappa shape index (κ1) is 19.8. The molecule has 0 aromatic heterocycles. The minimum Gasteiger partial charge on any atom is -0.493 e. The van der Waals surface area contributed by atoms with Gasteiger partial charge >= 0.3 is 0 Å². The third-order valence-corrected chi connectivity index (χ3v) is 4.48. The predicted octanol–water partition coefficient (Wildman–Crippen LogP) is 5.90. The summed E-state index contributed by atoms with van der Waals surface area (Å²) in [7, 11) is 1.54. The van der Waals surface area contributed by atoms with Crippen LogP contribution in [0.2, 0.25) is 0 Å². The Morgan fingerprint density at radius 3 is 2.43 bits per heavy atom. The zero-order chi connectivity index (χ0) is 19.9. The Bertz CT molecular complexity index is 960. The molecule has 0 saturated heterocycles. The van der Waals surface area contributed by atoms with E-state index in [0.29, 0.717) is 45.3 Å². The molecule has 3 aromatic carbocycles. The molecule has 0 bridgehead atoms. The third-order valence-electron chi connectivity index (χ3n) is 3.89. The fourth-order valence-corrected chi connectivity index (χ4v) is 3.16. The highest BCUT2D eigenvalue weighted by molar-refractivity contribution is 9.10. The minimum absolute atomic E-state index is 0.286. The number of ether oxygens (including phenoxy) is 3. The van der Waals surface area contributed by atoms with Crippen LogP contribution in [0.5, 0.6) is 23.0 Å². The number of rotatable bonds is 7. The smallest absolute Gasteiger partial charge is 0.255 e. The molecule has 3 aromatic rings. The number of nitrogens with one attached hydrogen (secondary N) is 1. The molecule has 0 saturated carbocycles. The second-order valence-electron chi connectivity index (χ2n) is 5.79. The molecule has 0 aliphatic rings. The minimum atomic E-state index is -0.286. The molecule has 144 valence electrons. The highest BCUT2D eigenvalue weighted by Gasteiger charge is 2.17. The summed E-state index contributed by atoms with van der Waals surface area (Å²) in [4.78, 5) is 12.8. The molecule has 28 heavy (non-hydrogen) atoms. The second kappa shape index (κ2) is 9.28. The lowest BCUT2D eigenvalue weighted by molar-refractivity contribution is 0.102. The first-order valence-electron chi connectivity index (χ1n) is 8.76. The molecule has 1 N–H and O–H groups in total. The quantitative estimate of drug-likeness (QED) is 0.495. The van der Waals surface area contributed by atoms with Gasteiger partial charge in [-0.1, -0.05) is 30.3 Å². The summed E-state index contributed by atoms with van der Waals surface area (Å²) in [6.45, 7) is 2.38. The maximum absolute atomic E-state index is 12.8. The average Bonchev–Trinajstić information content (AvgIpc) is 2.71. The van der Waals surface area contributed by atoms with Crippen LogP contribution < -0.4 is 19.5 Å². The van der Waals surface area contributed by atoms with Crippen molar-refractivity contribution in [2.45, 2.75) is 6.92 Å². The van der Waals surface area contributed by atoms with Crippen LogP contribution in [0.25, 0.3) is 0 Å². The lowest BCUT2D eigenvalue weighted by atomic mass is 10.1. The van der Waals surface area contributed by atoms with Crippen molar-refractivity contribution >= 4 is 27.5 Å². The number of hydrogen-bond donors (Lipinski definition) is 1. The van der Waals surface area contributed by atoms with Gasteiger partial charge in [0.05, 0.1) is 23.9 Å². The van der Waals surface area contributed by atoms with Gasteiger partial charge in [0.1, 0.15) is 5.75 Å².